The molecule has 1 aromatic carbocycles. The third-order valence-corrected chi connectivity index (χ3v) is 3.71. The van der Waals surface area contributed by atoms with Crippen LogP contribution in [0.15, 0.2) is 30.5 Å². The predicted molar refractivity (Wildman–Crippen MR) is 73.9 cm³/mol. The Morgan fingerprint density at radius 3 is 2.78 bits per heavy atom. The highest BCUT2D eigenvalue weighted by Gasteiger charge is 2.14. The topological polar surface area (TPSA) is 45.1 Å². The van der Waals surface area contributed by atoms with Gasteiger partial charge in [-0.3, -0.25) is 4.98 Å². The molecule has 3 rings (SSSR count). The van der Waals surface area contributed by atoms with Crippen LogP contribution in [0.1, 0.15) is 32.1 Å². The molecule has 1 aliphatic rings. The molecule has 3 heteroatoms. The van der Waals surface area contributed by atoms with E-state index in [1.54, 1.807) is 12.3 Å². The van der Waals surface area contributed by atoms with Crippen LogP contribution in [0.3, 0.4) is 0 Å². The van der Waals surface area contributed by atoms with Gasteiger partial charge in [-0.1, -0.05) is 31.4 Å². The number of nitrogens with zero attached hydrogens (tertiary/aromatic N) is 1. The molecule has 0 unspecified atom stereocenters. The zero-order chi connectivity index (χ0) is 12.4. The van der Waals surface area contributed by atoms with Crippen molar-refractivity contribution in [2.75, 3.05) is 5.32 Å². The molecule has 0 radical (unpaired) electrons. The number of phenolic OH excluding ortho intramolecular Hbond substituents is 1. The van der Waals surface area contributed by atoms with Crippen LogP contribution >= 0.6 is 0 Å². The number of hydrogen-bond donors (Lipinski definition) is 2. The fraction of sp³-hybridized carbons (Fsp3) is 0.400. The second kappa shape index (κ2) is 4.84. The van der Waals surface area contributed by atoms with Crippen molar-refractivity contribution in [3.8, 4) is 5.75 Å². The van der Waals surface area contributed by atoms with E-state index in [0.29, 0.717) is 11.6 Å². The molecular weight excluding hydrogens is 224 g/mol. The average Bonchev–Trinajstić information content (AvgIpc) is 2.41. The van der Waals surface area contributed by atoms with Gasteiger partial charge < -0.3 is 10.4 Å². The Labute approximate surface area is 107 Å². The molecule has 2 N–H and O–H groups in total. The Kier molecular flexibility index (Phi) is 3.05. The molecule has 0 saturated heterocycles. The van der Waals surface area contributed by atoms with Gasteiger partial charge in [0.25, 0.3) is 0 Å². The summed E-state index contributed by atoms with van der Waals surface area (Å²) < 4.78 is 0. The van der Waals surface area contributed by atoms with E-state index < -0.39 is 0 Å². The summed E-state index contributed by atoms with van der Waals surface area (Å²) in [6, 6.07) is 8.11. The highest BCUT2D eigenvalue weighted by Crippen LogP contribution is 2.30. The zero-order valence-corrected chi connectivity index (χ0v) is 10.4. The fourth-order valence-corrected chi connectivity index (χ4v) is 2.75. The number of anilines is 1. The van der Waals surface area contributed by atoms with E-state index in [2.05, 4.69) is 10.3 Å². The number of hydrogen-bond acceptors (Lipinski definition) is 3. The van der Waals surface area contributed by atoms with Crippen LogP contribution in [0.25, 0.3) is 10.9 Å². The lowest BCUT2D eigenvalue weighted by Gasteiger charge is -2.24. The standard InChI is InChI=1S/C15H18N2O/c18-14-8-4-7-12-13(9-10-16-15(12)14)17-11-5-2-1-3-6-11/h4,7-11,18H,1-3,5-6H2,(H,16,17). The molecule has 0 amide bonds. The van der Waals surface area contributed by atoms with Crippen molar-refractivity contribution in [3.05, 3.63) is 30.5 Å². The van der Waals surface area contributed by atoms with Gasteiger partial charge in [0, 0.05) is 23.3 Å². The monoisotopic (exact) mass is 242 g/mol. The Hall–Kier alpha value is -1.77. The largest absolute Gasteiger partial charge is 0.506 e. The van der Waals surface area contributed by atoms with Gasteiger partial charge in [-0.15, -0.1) is 0 Å². The molecule has 18 heavy (non-hydrogen) atoms. The Morgan fingerprint density at radius 2 is 1.94 bits per heavy atom. The number of aromatic nitrogens is 1. The summed E-state index contributed by atoms with van der Waals surface area (Å²) in [6.07, 6.45) is 8.21. The molecule has 94 valence electrons. The van der Waals surface area contributed by atoms with Crippen molar-refractivity contribution >= 4 is 16.6 Å². The predicted octanol–water partition coefficient (Wildman–Crippen LogP) is 3.69. The smallest absolute Gasteiger partial charge is 0.141 e. The van der Waals surface area contributed by atoms with Crippen LogP contribution in [-0.4, -0.2) is 16.1 Å². The quantitative estimate of drug-likeness (QED) is 0.844. The number of para-hydroxylation sites is 1. The van der Waals surface area contributed by atoms with E-state index in [-0.39, 0.29) is 5.75 Å². The maximum absolute atomic E-state index is 9.81. The maximum Gasteiger partial charge on any atom is 0.141 e. The number of phenols is 1. The van der Waals surface area contributed by atoms with Gasteiger partial charge in [-0.25, -0.2) is 0 Å². The fourth-order valence-electron chi connectivity index (χ4n) is 2.75. The Bertz CT molecular complexity index is 547. The van der Waals surface area contributed by atoms with Gasteiger partial charge in [0.1, 0.15) is 11.3 Å². The average molecular weight is 242 g/mol. The second-order valence-corrected chi connectivity index (χ2v) is 5.01. The van der Waals surface area contributed by atoms with E-state index in [4.69, 9.17) is 0 Å². The minimum atomic E-state index is 0.250. The Balaban J connectivity index is 1.93. The molecule has 0 spiro atoms. The number of pyridine rings is 1. The molecule has 1 aromatic heterocycles. The van der Waals surface area contributed by atoms with Crippen LogP contribution in [0.5, 0.6) is 5.75 Å². The van der Waals surface area contributed by atoms with Crippen molar-refractivity contribution in [1.29, 1.82) is 0 Å². The molecule has 1 saturated carbocycles. The highest BCUT2D eigenvalue weighted by molar-refractivity contribution is 5.94. The molecule has 1 fully saturated rings. The van der Waals surface area contributed by atoms with Gasteiger partial charge >= 0.3 is 0 Å². The number of rotatable bonds is 2. The molecular formula is C15H18N2O. The van der Waals surface area contributed by atoms with Crippen LogP contribution in [-0.2, 0) is 0 Å². The maximum atomic E-state index is 9.81. The van der Waals surface area contributed by atoms with Crippen LogP contribution in [0, 0.1) is 0 Å². The van der Waals surface area contributed by atoms with Crippen molar-refractivity contribution in [2.24, 2.45) is 0 Å². The molecule has 0 atom stereocenters. The van der Waals surface area contributed by atoms with Crippen LogP contribution in [0.4, 0.5) is 5.69 Å². The summed E-state index contributed by atoms with van der Waals surface area (Å²) in [5.41, 5.74) is 1.76. The van der Waals surface area contributed by atoms with Crippen molar-refractivity contribution in [2.45, 2.75) is 38.1 Å². The minimum absolute atomic E-state index is 0.250. The van der Waals surface area contributed by atoms with Crippen molar-refractivity contribution in [1.82, 2.24) is 4.98 Å². The molecule has 1 heterocycles. The third-order valence-electron chi connectivity index (χ3n) is 3.71. The van der Waals surface area contributed by atoms with Gasteiger partial charge in [0.05, 0.1) is 0 Å². The SMILES string of the molecule is Oc1cccc2c(NC3CCCCC3)ccnc12. The number of fused-ring (bicyclic) bond motifs is 1. The summed E-state index contributed by atoms with van der Waals surface area (Å²) in [6.45, 7) is 0. The lowest BCUT2D eigenvalue weighted by Crippen LogP contribution is -2.22. The first-order valence-corrected chi connectivity index (χ1v) is 6.68. The highest BCUT2D eigenvalue weighted by atomic mass is 16.3. The summed E-state index contributed by atoms with van der Waals surface area (Å²) in [5, 5.41) is 14.4. The third kappa shape index (κ3) is 2.13. The van der Waals surface area contributed by atoms with Gasteiger partial charge in [-0.2, -0.15) is 0 Å². The summed E-state index contributed by atoms with van der Waals surface area (Å²) in [7, 11) is 0. The molecule has 0 aliphatic heterocycles. The molecule has 2 aromatic rings. The van der Waals surface area contributed by atoms with Crippen molar-refractivity contribution < 1.29 is 5.11 Å². The number of nitrogens with one attached hydrogen (secondary N) is 1. The number of aromatic hydroxyl groups is 1. The number of benzene rings is 1. The first kappa shape index (κ1) is 11.3. The molecule has 3 nitrogen and oxygen atoms in total. The lowest BCUT2D eigenvalue weighted by atomic mass is 9.95. The van der Waals surface area contributed by atoms with Crippen molar-refractivity contribution in [3.63, 3.8) is 0 Å². The lowest BCUT2D eigenvalue weighted by molar-refractivity contribution is 0.463. The first-order valence-electron chi connectivity index (χ1n) is 6.68. The van der Waals surface area contributed by atoms with E-state index in [9.17, 15) is 5.11 Å². The summed E-state index contributed by atoms with van der Waals surface area (Å²) in [5.74, 6) is 0.250. The van der Waals surface area contributed by atoms with E-state index in [1.165, 1.54) is 32.1 Å². The van der Waals surface area contributed by atoms with E-state index >= 15 is 0 Å². The van der Waals surface area contributed by atoms with E-state index in [0.717, 1.165) is 11.1 Å². The van der Waals surface area contributed by atoms with Crippen LogP contribution < -0.4 is 5.32 Å². The summed E-state index contributed by atoms with van der Waals surface area (Å²) >= 11 is 0. The van der Waals surface area contributed by atoms with Gasteiger partial charge in [0.2, 0.25) is 0 Å². The molecule has 1 aliphatic carbocycles. The molecule has 0 bridgehead atoms. The first-order chi connectivity index (χ1) is 8.84. The van der Waals surface area contributed by atoms with E-state index in [1.807, 2.05) is 18.2 Å². The van der Waals surface area contributed by atoms with Gasteiger partial charge in [-0.05, 0) is 25.0 Å². The van der Waals surface area contributed by atoms with Crippen LogP contribution in [0.2, 0.25) is 0 Å². The normalized spacial score (nSPS) is 16.9. The minimum Gasteiger partial charge on any atom is -0.506 e. The zero-order valence-electron chi connectivity index (χ0n) is 10.4. The second-order valence-electron chi connectivity index (χ2n) is 5.01. The van der Waals surface area contributed by atoms with Gasteiger partial charge in [0.15, 0.2) is 0 Å². The summed E-state index contributed by atoms with van der Waals surface area (Å²) in [4.78, 5) is 4.24. The Morgan fingerprint density at radius 1 is 1.11 bits per heavy atom.